The predicted molar refractivity (Wildman–Crippen MR) is 98.2 cm³/mol. The maximum absolute atomic E-state index is 12.9. The summed E-state index contributed by atoms with van der Waals surface area (Å²) in [5.41, 5.74) is 0.597. The molecule has 2 aromatic carbocycles. The van der Waals surface area contributed by atoms with Gasteiger partial charge in [0.15, 0.2) is 0 Å². The van der Waals surface area contributed by atoms with Crippen LogP contribution in [0.3, 0.4) is 0 Å². The standard InChI is InChI=1S/C19H17FN2O4S/c1-22(13-17-3-2-12-26-17)19(23)14-4-10-18(11-5-14)27(24,25)21-16-8-6-15(20)7-9-16/h2-12,21H,13H2,1H3. The van der Waals surface area contributed by atoms with Crippen molar-refractivity contribution < 1.29 is 22.0 Å². The van der Waals surface area contributed by atoms with Gasteiger partial charge >= 0.3 is 0 Å². The molecule has 0 aliphatic heterocycles. The number of benzene rings is 2. The fourth-order valence-corrected chi connectivity index (χ4v) is 3.50. The number of hydrogen-bond donors (Lipinski definition) is 1. The highest BCUT2D eigenvalue weighted by molar-refractivity contribution is 7.92. The summed E-state index contributed by atoms with van der Waals surface area (Å²) >= 11 is 0. The molecule has 3 aromatic rings. The SMILES string of the molecule is CN(Cc1ccco1)C(=O)c1ccc(S(=O)(=O)Nc2ccc(F)cc2)cc1. The molecule has 0 saturated heterocycles. The van der Waals surface area contributed by atoms with Gasteiger partial charge in [0.2, 0.25) is 0 Å². The quantitative estimate of drug-likeness (QED) is 0.701. The Labute approximate surface area is 156 Å². The molecule has 0 fully saturated rings. The van der Waals surface area contributed by atoms with Gasteiger partial charge in [0, 0.05) is 18.3 Å². The molecule has 0 saturated carbocycles. The van der Waals surface area contributed by atoms with Crippen molar-refractivity contribution in [3.05, 3.63) is 84.1 Å². The number of carbonyl (C=O) groups excluding carboxylic acids is 1. The van der Waals surface area contributed by atoms with Crippen LogP contribution in [-0.4, -0.2) is 26.3 Å². The van der Waals surface area contributed by atoms with E-state index < -0.39 is 15.8 Å². The first-order valence-electron chi connectivity index (χ1n) is 8.01. The summed E-state index contributed by atoms with van der Waals surface area (Å²) in [7, 11) is -2.21. The summed E-state index contributed by atoms with van der Waals surface area (Å²) in [5.74, 6) is -0.0742. The van der Waals surface area contributed by atoms with Gasteiger partial charge in [-0.05, 0) is 60.7 Å². The van der Waals surface area contributed by atoms with Gasteiger partial charge in [-0.15, -0.1) is 0 Å². The molecule has 0 bridgehead atoms. The van der Waals surface area contributed by atoms with Gasteiger partial charge in [0.05, 0.1) is 17.7 Å². The molecule has 0 aliphatic carbocycles. The first-order chi connectivity index (χ1) is 12.8. The van der Waals surface area contributed by atoms with Crippen LogP contribution in [0.1, 0.15) is 16.1 Å². The normalized spacial score (nSPS) is 11.2. The Hall–Kier alpha value is -3.13. The van der Waals surface area contributed by atoms with Crippen LogP contribution in [0.25, 0.3) is 0 Å². The third-order valence-corrected chi connectivity index (χ3v) is 5.23. The van der Waals surface area contributed by atoms with Crippen molar-refractivity contribution in [1.82, 2.24) is 4.90 Å². The Morgan fingerprint density at radius 1 is 1.07 bits per heavy atom. The molecular formula is C19H17FN2O4S. The largest absolute Gasteiger partial charge is 0.467 e. The van der Waals surface area contributed by atoms with Gasteiger partial charge < -0.3 is 9.32 Å². The number of halogens is 1. The zero-order valence-electron chi connectivity index (χ0n) is 14.4. The first kappa shape index (κ1) is 18.7. The van der Waals surface area contributed by atoms with Crippen LogP contribution in [0, 0.1) is 5.82 Å². The molecule has 0 unspecified atom stereocenters. The van der Waals surface area contributed by atoms with Crippen molar-refractivity contribution in [1.29, 1.82) is 0 Å². The minimum Gasteiger partial charge on any atom is -0.467 e. The molecule has 1 heterocycles. The number of nitrogens with one attached hydrogen (secondary N) is 1. The molecule has 0 aliphatic rings. The molecule has 0 spiro atoms. The second-order valence-corrected chi connectivity index (χ2v) is 7.56. The van der Waals surface area contributed by atoms with Crippen molar-refractivity contribution >= 4 is 21.6 Å². The van der Waals surface area contributed by atoms with Crippen LogP contribution >= 0.6 is 0 Å². The van der Waals surface area contributed by atoms with E-state index in [-0.39, 0.29) is 16.5 Å². The van der Waals surface area contributed by atoms with E-state index in [0.29, 0.717) is 17.9 Å². The lowest BCUT2D eigenvalue weighted by molar-refractivity contribution is 0.0775. The van der Waals surface area contributed by atoms with Crippen molar-refractivity contribution in [2.45, 2.75) is 11.4 Å². The molecule has 8 heteroatoms. The van der Waals surface area contributed by atoms with E-state index in [4.69, 9.17) is 4.42 Å². The molecule has 0 radical (unpaired) electrons. The van der Waals surface area contributed by atoms with E-state index in [9.17, 15) is 17.6 Å². The van der Waals surface area contributed by atoms with Crippen molar-refractivity contribution in [3.63, 3.8) is 0 Å². The molecule has 1 amide bonds. The van der Waals surface area contributed by atoms with E-state index >= 15 is 0 Å². The van der Waals surface area contributed by atoms with Crippen LogP contribution in [0.4, 0.5) is 10.1 Å². The Balaban J connectivity index is 1.71. The molecule has 140 valence electrons. The van der Waals surface area contributed by atoms with Crippen LogP contribution in [0.2, 0.25) is 0 Å². The zero-order chi connectivity index (χ0) is 19.4. The van der Waals surface area contributed by atoms with Crippen molar-refractivity contribution in [3.8, 4) is 0 Å². The van der Waals surface area contributed by atoms with E-state index in [0.717, 1.165) is 12.1 Å². The van der Waals surface area contributed by atoms with Gasteiger partial charge in [-0.1, -0.05) is 0 Å². The highest BCUT2D eigenvalue weighted by Gasteiger charge is 2.17. The summed E-state index contributed by atoms with van der Waals surface area (Å²) in [6.45, 7) is 0.304. The Morgan fingerprint density at radius 2 is 1.74 bits per heavy atom. The third-order valence-electron chi connectivity index (χ3n) is 3.83. The van der Waals surface area contributed by atoms with Gasteiger partial charge in [-0.3, -0.25) is 9.52 Å². The lowest BCUT2D eigenvalue weighted by atomic mass is 10.2. The maximum atomic E-state index is 12.9. The maximum Gasteiger partial charge on any atom is 0.261 e. The Kier molecular flexibility index (Phi) is 5.27. The molecule has 1 N–H and O–H groups in total. The second kappa shape index (κ2) is 7.63. The van der Waals surface area contributed by atoms with Crippen molar-refractivity contribution in [2.24, 2.45) is 0 Å². The van der Waals surface area contributed by atoms with Gasteiger partial charge in [0.25, 0.3) is 15.9 Å². The monoisotopic (exact) mass is 388 g/mol. The van der Waals surface area contributed by atoms with Crippen LogP contribution in [0.15, 0.2) is 76.2 Å². The second-order valence-electron chi connectivity index (χ2n) is 5.88. The zero-order valence-corrected chi connectivity index (χ0v) is 15.2. The van der Waals surface area contributed by atoms with Gasteiger partial charge in [0.1, 0.15) is 11.6 Å². The molecule has 3 rings (SSSR count). The highest BCUT2D eigenvalue weighted by Crippen LogP contribution is 2.18. The number of carbonyl (C=O) groups is 1. The topological polar surface area (TPSA) is 79.6 Å². The number of hydrogen-bond acceptors (Lipinski definition) is 4. The number of anilines is 1. The molecule has 6 nitrogen and oxygen atoms in total. The summed E-state index contributed by atoms with van der Waals surface area (Å²) in [5, 5.41) is 0. The summed E-state index contributed by atoms with van der Waals surface area (Å²) in [6, 6.07) is 14.1. The molecule has 27 heavy (non-hydrogen) atoms. The van der Waals surface area contributed by atoms with E-state index in [1.807, 2.05) is 0 Å². The first-order valence-corrected chi connectivity index (χ1v) is 9.50. The number of rotatable bonds is 6. The third kappa shape index (κ3) is 4.53. The summed E-state index contributed by atoms with van der Waals surface area (Å²) < 4.78 is 45.3. The smallest absolute Gasteiger partial charge is 0.261 e. The average molecular weight is 388 g/mol. The molecular weight excluding hydrogens is 371 g/mol. The Bertz CT molecular complexity index is 1010. The number of sulfonamides is 1. The van der Waals surface area contributed by atoms with Gasteiger partial charge in [-0.25, -0.2) is 12.8 Å². The highest BCUT2D eigenvalue weighted by atomic mass is 32.2. The number of amides is 1. The van der Waals surface area contributed by atoms with E-state index in [1.165, 1.54) is 47.6 Å². The molecule has 1 aromatic heterocycles. The lowest BCUT2D eigenvalue weighted by Crippen LogP contribution is -2.26. The molecule has 0 atom stereocenters. The van der Waals surface area contributed by atoms with E-state index in [1.54, 1.807) is 19.2 Å². The predicted octanol–water partition coefficient (Wildman–Crippen LogP) is 3.49. The van der Waals surface area contributed by atoms with Crippen molar-refractivity contribution in [2.75, 3.05) is 11.8 Å². The number of furan rings is 1. The minimum absolute atomic E-state index is 0.00272. The van der Waals surface area contributed by atoms with E-state index in [2.05, 4.69) is 4.72 Å². The number of nitrogens with zero attached hydrogens (tertiary/aromatic N) is 1. The van der Waals surface area contributed by atoms with Crippen LogP contribution in [-0.2, 0) is 16.6 Å². The van der Waals surface area contributed by atoms with Gasteiger partial charge in [-0.2, -0.15) is 0 Å². The fourth-order valence-electron chi connectivity index (χ4n) is 2.44. The lowest BCUT2D eigenvalue weighted by Gasteiger charge is -2.16. The van der Waals surface area contributed by atoms with Crippen LogP contribution in [0.5, 0.6) is 0 Å². The minimum atomic E-state index is -3.84. The summed E-state index contributed by atoms with van der Waals surface area (Å²) in [4.78, 5) is 13.9. The Morgan fingerprint density at radius 3 is 2.33 bits per heavy atom. The average Bonchev–Trinajstić information content (AvgIpc) is 3.16. The van der Waals surface area contributed by atoms with Crippen LogP contribution < -0.4 is 4.72 Å². The summed E-state index contributed by atoms with van der Waals surface area (Å²) in [6.07, 6.45) is 1.53. The fraction of sp³-hybridized carbons (Fsp3) is 0.105.